The Hall–Kier alpha value is -0.850. The molecular weight excluding hydrogens is 264 g/mol. The first-order valence-corrected chi connectivity index (χ1v) is 8.32. The van der Waals surface area contributed by atoms with Gasteiger partial charge in [0.05, 0.1) is 11.5 Å². The maximum Gasteiger partial charge on any atom is 0.242 e. The van der Waals surface area contributed by atoms with Gasteiger partial charge in [0.2, 0.25) is 10.0 Å². The fraction of sp³-hybridized carbons (Fsp3) is 0.692. The van der Waals surface area contributed by atoms with Crippen LogP contribution in [0.5, 0.6) is 0 Å². The van der Waals surface area contributed by atoms with Crippen LogP contribution in [0.25, 0.3) is 0 Å². The molecule has 108 valence electrons. The lowest BCUT2D eigenvalue weighted by molar-refractivity contribution is 0.277. The molecule has 1 aromatic rings. The highest BCUT2D eigenvalue weighted by Gasteiger charge is 2.26. The second kappa shape index (κ2) is 6.07. The van der Waals surface area contributed by atoms with Gasteiger partial charge in [-0.25, -0.2) is 13.1 Å². The summed E-state index contributed by atoms with van der Waals surface area (Å²) in [7, 11) is -3.49. The third-order valence-corrected chi connectivity index (χ3v) is 5.33. The average Bonchev–Trinajstić information content (AvgIpc) is 2.78. The molecule has 6 heteroatoms. The van der Waals surface area contributed by atoms with Gasteiger partial charge in [-0.15, -0.1) is 0 Å². The molecule has 2 rings (SSSR count). The second-order valence-electron chi connectivity index (χ2n) is 5.36. The summed E-state index contributed by atoms with van der Waals surface area (Å²) in [5, 5.41) is 8.97. The van der Waals surface area contributed by atoms with Crippen LogP contribution in [0.15, 0.2) is 17.2 Å². The first kappa shape index (κ1) is 14.6. The molecule has 1 heterocycles. The number of aliphatic hydroxyl groups is 1. The van der Waals surface area contributed by atoms with Crippen LogP contribution in [-0.2, 0) is 16.6 Å². The van der Waals surface area contributed by atoms with Gasteiger partial charge in [0.25, 0.3) is 0 Å². The van der Waals surface area contributed by atoms with Crippen molar-refractivity contribution in [1.29, 1.82) is 0 Å². The van der Waals surface area contributed by atoms with Crippen LogP contribution in [0.4, 0.5) is 0 Å². The lowest BCUT2D eigenvalue weighted by atomic mass is 9.98. The van der Waals surface area contributed by atoms with Crippen LogP contribution in [0.3, 0.4) is 0 Å². The van der Waals surface area contributed by atoms with Crippen molar-refractivity contribution in [3.63, 3.8) is 0 Å². The first-order chi connectivity index (χ1) is 9.03. The summed E-state index contributed by atoms with van der Waals surface area (Å²) in [5.41, 5.74) is 0.509. The number of nitrogens with one attached hydrogen (secondary N) is 2. The van der Waals surface area contributed by atoms with E-state index in [1.54, 1.807) is 0 Å². The van der Waals surface area contributed by atoms with Gasteiger partial charge in [0.15, 0.2) is 0 Å². The molecule has 1 aliphatic rings. The Morgan fingerprint density at radius 1 is 1.37 bits per heavy atom. The molecule has 0 bridgehead atoms. The molecule has 5 nitrogen and oxygen atoms in total. The summed E-state index contributed by atoms with van der Waals surface area (Å²) < 4.78 is 27.4. The van der Waals surface area contributed by atoms with Crippen molar-refractivity contribution in [2.45, 2.75) is 56.6 Å². The lowest BCUT2D eigenvalue weighted by Gasteiger charge is -2.22. The fourth-order valence-corrected chi connectivity index (χ4v) is 4.00. The number of sulfonamides is 1. The minimum Gasteiger partial charge on any atom is -0.390 e. The molecule has 2 unspecified atom stereocenters. The fourth-order valence-electron chi connectivity index (χ4n) is 2.60. The predicted octanol–water partition coefficient (Wildman–Crippen LogP) is 1.75. The molecule has 0 radical (unpaired) electrons. The van der Waals surface area contributed by atoms with Gasteiger partial charge < -0.3 is 10.1 Å². The molecule has 0 spiro atoms. The minimum absolute atomic E-state index is 0.0139. The van der Waals surface area contributed by atoms with E-state index in [0.717, 1.165) is 19.3 Å². The number of hydrogen-bond acceptors (Lipinski definition) is 3. The van der Waals surface area contributed by atoms with E-state index in [1.807, 2.05) is 0 Å². The van der Waals surface area contributed by atoms with Crippen molar-refractivity contribution >= 4 is 10.0 Å². The van der Waals surface area contributed by atoms with E-state index < -0.39 is 10.0 Å². The van der Waals surface area contributed by atoms with Gasteiger partial charge in [-0.1, -0.05) is 26.2 Å². The molecular formula is C13H22N2O3S. The van der Waals surface area contributed by atoms with Gasteiger partial charge in [-0.2, -0.15) is 0 Å². The summed E-state index contributed by atoms with van der Waals surface area (Å²) in [4.78, 5) is 2.96. The average molecular weight is 286 g/mol. The largest absolute Gasteiger partial charge is 0.390 e. The molecule has 1 aliphatic carbocycles. The van der Waals surface area contributed by atoms with Crippen molar-refractivity contribution in [2.75, 3.05) is 0 Å². The smallest absolute Gasteiger partial charge is 0.242 e. The molecule has 19 heavy (non-hydrogen) atoms. The molecule has 0 amide bonds. The summed E-state index contributed by atoms with van der Waals surface area (Å²) >= 11 is 0. The molecule has 1 saturated carbocycles. The van der Waals surface area contributed by atoms with E-state index in [-0.39, 0.29) is 17.5 Å². The quantitative estimate of drug-likeness (QED) is 0.738. The Bertz CT molecular complexity index is 510. The molecule has 3 N–H and O–H groups in total. The molecule has 0 aliphatic heterocycles. The van der Waals surface area contributed by atoms with Crippen molar-refractivity contribution < 1.29 is 13.5 Å². The van der Waals surface area contributed by atoms with Crippen LogP contribution < -0.4 is 4.72 Å². The summed E-state index contributed by atoms with van der Waals surface area (Å²) in [6.45, 7) is 1.92. The summed E-state index contributed by atoms with van der Waals surface area (Å²) in [6.07, 6.45) is 6.83. The molecule has 0 saturated heterocycles. The highest BCUT2D eigenvalue weighted by atomic mass is 32.2. The van der Waals surface area contributed by atoms with Gasteiger partial charge in [0.1, 0.15) is 0 Å². The van der Waals surface area contributed by atoms with Crippen molar-refractivity contribution in [2.24, 2.45) is 5.92 Å². The van der Waals surface area contributed by atoms with E-state index in [4.69, 9.17) is 5.11 Å². The summed E-state index contributed by atoms with van der Waals surface area (Å²) in [5.74, 6) is 0.369. The number of aromatic nitrogens is 1. The third kappa shape index (κ3) is 3.58. The predicted molar refractivity (Wildman–Crippen MR) is 73.1 cm³/mol. The molecule has 1 aromatic heterocycles. The Balaban J connectivity index is 2.11. The topological polar surface area (TPSA) is 82.2 Å². The number of rotatable bonds is 4. The number of aliphatic hydroxyl groups excluding tert-OH is 1. The third-order valence-electron chi connectivity index (χ3n) is 3.86. The number of H-pyrrole nitrogens is 1. The Morgan fingerprint density at radius 2 is 2.11 bits per heavy atom. The van der Waals surface area contributed by atoms with Crippen molar-refractivity contribution in [1.82, 2.24) is 9.71 Å². The molecule has 0 aromatic carbocycles. The SMILES string of the molecule is CC1CCCCCC1NS(=O)(=O)c1c[nH]c(CO)c1. The molecule has 1 fully saturated rings. The minimum atomic E-state index is -3.49. The van der Waals surface area contributed by atoms with Crippen LogP contribution in [0, 0.1) is 5.92 Å². The van der Waals surface area contributed by atoms with Crippen LogP contribution in [0.2, 0.25) is 0 Å². The monoisotopic (exact) mass is 286 g/mol. The Labute approximate surface area is 114 Å². The van der Waals surface area contributed by atoms with Gasteiger partial charge in [-0.3, -0.25) is 0 Å². The van der Waals surface area contributed by atoms with Gasteiger partial charge in [0, 0.05) is 17.9 Å². The van der Waals surface area contributed by atoms with E-state index in [9.17, 15) is 8.42 Å². The Kier molecular flexibility index (Phi) is 4.65. The maximum absolute atomic E-state index is 12.3. The van der Waals surface area contributed by atoms with Gasteiger partial charge >= 0.3 is 0 Å². The number of aromatic amines is 1. The zero-order valence-electron chi connectivity index (χ0n) is 11.2. The standard InChI is InChI=1S/C13H22N2O3S/c1-10-5-3-2-4-6-13(10)15-19(17,18)12-7-11(9-16)14-8-12/h7-8,10,13-16H,2-6,9H2,1H3. The first-order valence-electron chi connectivity index (χ1n) is 6.83. The van der Waals surface area contributed by atoms with E-state index in [2.05, 4.69) is 16.6 Å². The van der Waals surface area contributed by atoms with Crippen molar-refractivity contribution in [3.8, 4) is 0 Å². The number of hydrogen-bond donors (Lipinski definition) is 3. The van der Waals surface area contributed by atoms with Crippen LogP contribution in [-0.4, -0.2) is 24.6 Å². The highest BCUT2D eigenvalue weighted by molar-refractivity contribution is 7.89. The van der Waals surface area contributed by atoms with Crippen molar-refractivity contribution in [3.05, 3.63) is 18.0 Å². The van der Waals surface area contributed by atoms with E-state index in [1.165, 1.54) is 25.1 Å². The Morgan fingerprint density at radius 3 is 2.79 bits per heavy atom. The second-order valence-corrected chi connectivity index (χ2v) is 7.08. The van der Waals surface area contributed by atoms with Gasteiger partial charge in [-0.05, 0) is 24.8 Å². The summed E-state index contributed by atoms with van der Waals surface area (Å²) in [6, 6.07) is 1.49. The van der Waals surface area contributed by atoms with E-state index >= 15 is 0 Å². The van der Waals surface area contributed by atoms with Crippen LogP contribution in [0.1, 0.15) is 44.7 Å². The lowest BCUT2D eigenvalue weighted by Crippen LogP contribution is -2.38. The molecule has 2 atom stereocenters. The van der Waals surface area contributed by atoms with Crippen LogP contribution >= 0.6 is 0 Å². The normalized spacial score (nSPS) is 25.2. The van der Waals surface area contributed by atoms with E-state index in [0.29, 0.717) is 11.6 Å². The highest BCUT2D eigenvalue weighted by Crippen LogP contribution is 2.24. The zero-order chi connectivity index (χ0) is 13.9. The zero-order valence-corrected chi connectivity index (χ0v) is 12.0. The maximum atomic E-state index is 12.3.